The molecule has 0 spiro atoms. The second kappa shape index (κ2) is 31.4. The predicted octanol–water partition coefficient (Wildman–Crippen LogP) is 30.4. The van der Waals surface area contributed by atoms with Crippen LogP contribution in [0.3, 0.4) is 0 Å². The summed E-state index contributed by atoms with van der Waals surface area (Å²) in [6.45, 7) is 8.60. The third kappa shape index (κ3) is 13.9. The van der Waals surface area contributed by atoms with E-state index in [9.17, 15) is 0 Å². The maximum atomic E-state index is 2.39. The molecule has 552 valence electrons. The molecule has 0 N–H and O–H groups in total. The Labute approximate surface area is 677 Å². The minimum atomic E-state index is 1.19. The fraction of sp³-hybridized carbons (Fsp3) is 0.0357. The molecule has 4 nitrogen and oxygen atoms in total. The number of hydrogen-bond donors (Lipinski definition) is 0. The van der Waals surface area contributed by atoms with Crippen molar-refractivity contribution < 1.29 is 0 Å². The highest BCUT2D eigenvalue weighted by atomic mass is 15.0. The number of para-hydroxylation sites is 3. The van der Waals surface area contributed by atoms with Crippen molar-refractivity contribution in [1.82, 2.24) is 18.3 Å². The lowest BCUT2D eigenvalue weighted by molar-refractivity contribution is 1.15. The zero-order chi connectivity index (χ0) is 78.0. The summed E-state index contributed by atoms with van der Waals surface area (Å²) in [7, 11) is 0. The van der Waals surface area contributed by atoms with E-state index in [1.165, 1.54) is 199 Å². The molecule has 0 atom stereocenters. The number of aryl methyl sites for hydroxylation is 4. The Kier molecular flexibility index (Phi) is 19.3. The molecule has 18 aromatic carbocycles. The van der Waals surface area contributed by atoms with E-state index in [-0.39, 0.29) is 0 Å². The smallest absolute Gasteiger partial charge is 0.0541 e. The Hall–Kier alpha value is -14.8. The molecule has 0 saturated carbocycles. The van der Waals surface area contributed by atoms with Crippen LogP contribution in [0.25, 0.3) is 177 Å². The van der Waals surface area contributed by atoms with Gasteiger partial charge >= 0.3 is 0 Å². The third-order valence-electron chi connectivity index (χ3n) is 22.7. The van der Waals surface area contributed by atoms with Crippen LogP contribution in [0.4, 0.5) is 0 Å². The van der Waals surface area contributed by atoms with E-state index in [1.807, 2.05) is 0 Å². The number of rotatable bonds is 10. The first-order chi connectivity index (χ1) is 57.2. The summed E-state index contributed by atoms with van der Waals surface area (Å²) in [6.07, 6.45) is 0. The van der Waals surface area contributed by atoms with Crippen LogP contribution in [0, 0.1) is 27.7 Å². The van der Waals surface area contributed by atoms with Crippen LogP contribution in [0.5, 0.6) is 0 Å². The maximum Gasteiger partial charge on any atom is 0.0541 e. The number of aromatic nitrogens is 4. The lowest BCUT2D eigenvalue weighted by atomic mass is 10.0. The highest BCUT2D eigenvalue weighted by Gasteiger charge is 2.20. The SMILES string of the molecule is Cc1ccc(-n2c3ccc(-c4ccccc4)cc3c3cc(-c4ccccc4)ccc32)cc1.Cc1cccc(-n2c3ccc(-c4ccccc4)cc3c3cc(-c4ccccc4)ccc32)c1.Cc1cccc(-n2c3ccccc3c3cc(-c4ccccc4)ccc32)c1.Cc1ccccc1-n1c2ccccc2c2cc(-c3ccccc3)ccc21. The van der Waals surface area contributed by atoms with Crippen molar-refractivity contribution in [3.63, 3.8) is 0 Å². The summed E-state index contributed by atoms with van der Waals surface area (Å²) in [5.41, 5.74) is 34.8. The first-order valence-corrected chi connectivity index (χ1v) is 40.0. The number of nitrogens with zero attached hydrogens (tertiary/aromatic N) is 4. The quantitative estimate of drug-likeness (QED) is 0.130. The largest absolute Gasteiger partial charge is 0.309 e. The zero-order valence-corrected chi connectivity index (χ0v) is 65.4. The molecule has 4 heteroatoms. The molecular formula is C112H84N4. The van der Waals surface area contributed by atoms with Crippen molar-refractivity contribution in [1.29, 1.82) is 0 Å². The summed E-state index contributed by atoms with van der Waals surface area (Å²) in [5.74, 6) is 0. The average molecular weight is 1490 g/mol. The summed E-state index contributed by atoms with van der Waals surface area (Å²) >= 11 is 0. The van der Waals surface area contributed by atoms with E-state index < -0.39 is 0 Å². The van der Waals surface area contributed by atoms with Gasteiger partial charge in [0.1, 0.15) is 0 Å². The van der Waals surface area contributed by atoms with Crippen molar-refractivity contribution in [3.8, 4) is 89.5 Å². The first-order valence-electron chi connectivity index (χ1n) is 40.0. The van der Waals surface area contributed by atoms with Gasteiger partial charge < -0.3 is 18.3 Å². The fourth-order valence-electron chi connectivity index (χ4n) is 17.0. The van der Waals surface area contributed by atoms with Gasteiger partial charge in [0.2, 0.25) is 0 Å². The lowest BCUT2D eigenvalue weighted by Gasteiger charge is -2.11. The van der Waals surface area contributed by atoms with Crippen LogP contribution in [-0.2, 0) is 0 Å². The Morgan fingerprint density at radius 1 is 0.138 bits per heavy atom. The van der Waals surface area contributed by atoms with Crippen LogP contribution < -0.4 is 0 Å². The zero-order valence-electron chi connectivity index (χ0n) is 65.4. The molecule has 116 heavy (non-hydrogen) atoms. The molecular weight excluding hydrogens is 1400 g/mol. The van der Waals surface area contributed by atoms with Gasteiger partial charge in [-0.2, -0.15) is 0 Å². The average Bonchev–Trinajstić information content (AvgIpc) is 1.61. The van der Waals surface area contributed by atoms with Gasteiger partial charge in [-0.05, 0) is 239 Å². The minimum Gasteiger partial charge on any atom is -0.309 e. The summed E-state index contributed by atoms with van der Waals surface area (Å²) in [4.78, 5) is 0. The molecule has 4 heterocycles. The van der Waals surface area contributed by atoms with E-state index in [2.05, 4.69) is 483 Å². The molecule has 4 aromatic heterocycles. The van der Waals surface area contributed by atoms with Crippen LogP contribution in [0.2, 0.25) is 0 Å². The predicted molar refractivity (Wildman–Crippen MR) is 495 cm³/mol. The Bertz CT molecular complexity index is 7120. The molecule has 22 aromatic rings. The molecule has 0 aliphatic heterocycles. The van der Waals surface area contributed by atoms with Gasteiger partial charge in [0.15, 0.2) is 0 Å². The van der Waals surface area contributed by atoms with Crippen molar-refractivity contribution >= 4 is 87.2 Å². The van der Waals surface area contributed by atoms with Gasteiger partial charge in [0.05, 0.1) is 44.1 Å². The van der Waals surface area contributed by atoms with Gasteiger partial charge in [-0.25, -0.2) is 0 Å². The normalized spacial score (nSPS) is 11.3. The van der Waals surface area contributed by atoms with Gasteiger partial charge in [0, 0.05) is 65.8 Å². The highest BCUT2D eigenvalue weighted by molar-refractivity contribution is 6.15. The second-order valence-electron chi connectivity index (χ2n) is 30.3. The monoisotopic (exact) mass is 1480 g/mol. The van der Waals surface area contributed by atoms with Crippen molar-refractivity contribution in [2.24, 2.45) is 0 Å². The van der Waals surface area contributed by atoms with Crippen molar-refractivity contribution in [2.45, 2.75) is 27.7 Å². The molecule has 0 aliphatic rings. The van der Waals surface area contributed by atoms with Gasteiger partial charge in [0.25, 0.3) is 0 Å². The van der Waals surface area contributed by atoms with Gasteiger partial charge in [-0.1, -0.05) is 315 Å². The highest BCUT2D eigenvalue weighted by Crippen LogP contribution is 2.42. The Morgan fingerprint density at radius 3 is 0.698 bits per heavy atom. The van der Waals surface area contributed by atoms with Crippen LogP contribution in [0.1, 0.15) is 22.3 Å². The first kappa shape index (κ1) is 71.5. The molecule has 0 bridgehead atoms. The standard InChI is InChI=1S/2C31H23N.2C25H19N/c1-22-9-8-14-27(19-22)32-30-17-15-25(23-10-4-2-5-11-23)20-28(30)29-21-26(16-18-31(29)32)24-12-6-3-7-13-24;1-22-12-16-27(17-13-22)32-30-18-14-25(23-8-4-2-5-9-23)20-28(30)29-21-26(15-19-31(29)32)24-10-6-3-7-11-24;1-18-9-5-7-13-23(18)26-24-14-8-6-12-21(24)22-17-20(15-16-25(22)26)19-10-3-2-4-11-19;1-18-8-7-11-21(16-18)26-24-13-6-5-12-22(24)23-17-20(14-15-25(23)26)19-9-3-2-4-10-19/h2*2-21H,1H3;2*2-17H,1H3. The third-order valence-corrected chi connectivity index (χ3v) is 22.7. The molecule has 22 rings (SSSR count). The van der Waals surface area contributed by atoms with E-state index in [0.29, 0.717) is 0 Å². The molecule has 0 radical (unpaired) electrons. The number of fused-ring (bicyclic) bond motifs is 12. The fourth-order valence-corrected chi connectivity index (χ4v) is 17.0. The summed E-state index contributed by atoms with van der Waals surface area (Å²) in [6, 6.07) is 157. The summed E-state index contributed by atoms with van der Waals surface area (Å²) in [5, 5.41) is 10.3. The second-order valence-corrected chi connectivity index (χ2v) is 30.3. The van der Waals surface area contributed by atoms with Gasteiger partial charge in [-0.15, -0.1) is 0 Å². The molecule has 0 amide bonds. The van der Waals surface area contributed by atoms with Crippen molar-refractivity contribution in [3.05, 3.63) is 459 Å². The van der Waals surface area contributed by atoms with E-state index in [1.54, 1.807) is 0 Å². The van der Waals surface area contributed by atoms with Crippen LogP contribution >= 0.6 is 0 Å². The van der Waals surface area contributed by atoms with E-state index in [0.717, 1.165) is 0 Å². The lowest BCUT2D eigenvalue weighted by Crippen LogP contribution is -1.96. The maximum absolute atomic E-state index is 2.39. The van der Waals surface area contributed by atoms with Crippen LogP contribution in [-0.4, -0.2) is 18.3 Å². The Morgan fingerprint density at radius 2 is 0.388 bits per heavy atom. The minimum absolute atomic E-state index is 1.19. The van der Waals surface area contributed by atoms with Gasteiger partial charge in [-0.3, -0.25) is 0 Å². The number of hydrogen-bond acceptors (Lipinski definition) is 0. The molecule has 0 unspecified atom stereocenters. The molecule has 0 aliphatic carbocycles. The molecule has 0 fully saturated rings. The Balaban J connectivity index is 0.000000104. The van der Waals surface area contributed by atoms with E-state index >= 15 is 0 Å². The van der Waals surface area contributed by atoms with E-state index in [4.69, 9.17) is 0 Å². The van der Waals surface area contributed by atoms with Crippen molar-refractivity contribution in [2.75, 3.05) is 0 Å². The molecule has 0 saturated heterocycles. The van der Waals surface area contributed by atoms with Crippen LogP contribution in [0.15, 0.2) is 437 Å². The number of benzene rings is 18. The topological polar surface area (TPSA) is 19.7 Å². The summed E-state index contributed by atoms with van der Waals surface area (Å²) < 4.78 is 9.52.